The summed E-state index contributed by atoms with van der Waals surface area (Å²) in [4.78, 5) is 16.7. The van der Waals surface area contributed by atoms with Crippen LogP contribution in [-0.4, -0.2) is 22.1 Å². The van der Waals surface area contributed by atoms with E-state index in [1.807, 2.05) is 23.7 Å². The Labute approximate surface area is 149 Å². The lowest BCUT2D eigenvalue weighted by molar-refractivity contribution is -0.0498. The van der Waals surface area contributed by atoms with Crippen molar-refractivity contribution in [3.8, 4) is 5.75 Å². The number of imidazole rings is 1. The monoisotopic (exact) mass is 359 g/mol. The first-order valence-electron chi connectivity index (χ1n) is 8.24. The molecule has 0 saturated carbocycles. The van der Waals surface area contributed by atoms with Crippen molar-refractivity contribution in [1.82, 2.24) is 14.9 Å². The molecule has 1 heterocycles. The minimum absolute atomic E-state index is 0.0180. The Kier molecular flexibility index (Phi) is 5.16. The Morgan fingerprint density at radius 2 is 1.96 bits per heavy atom. The normalized spacial score (nSPS) is 11.1. The standard InChI is InChI=1S/C19H19F2N3O2/c1-3-12-6-9-16-17(24(2)11-23-16)15(12)10-22-18(25)13-4-7-14(8-5-13)26-19(20)21/h4-9,11,19H,3,10H2,1-2H3,(H,22,25). The molecule has 26 heavy (non-hydrogen) atoms. The van der Waals surface area contributed by atoms with Crippen molar-refractivity contribution in [1.29, 1.82) is 0 Å². The molecule has 7 heteroatoms. The smallest absolute Gasteiger partial charge is 0.387 e. The van der Waals surface area contributed by atoms with E-state index in [9.17, 15) is 13.6 Å². The van der Waals surface area contributed by atoms with Gasteiger partial charge in [-0.05, 0) is 42.3 Å². The van der Waals surface area contributed by atoms with E-state index in [1.54, 1.807) is 6.33 Å². The van der Waals surface area contributed by atoms with Gasteiger partial charge < -0.3 is 14.6 Å². The molecule has 1 aromatic heterocycles. The first-order chi connectivity index (χ1) is 12.5. The maximum Gasteiger partial charge on any atom is 0.387 e. The summed E-state index contributed by atoms with van der Waals surface area (Å²) in [5.74, 6) is -0.265. The third-order valence-electron chi connectivity index (χ3n) is 4.23. The van der Waals surface area contributed by atoms with E-state index in [-0.39, 0.29) is 11.7 Å². The lowest BCUT2D eigenvalue weighted by Crippen LogP contribution is -2.23. The Bertz CT molecular complexity index is 920. The Morgan fingerprint density at radius 1 is 1.23 bits per heavy atom. The van der Waals surface area contributed by atoms with Gasteiger partial charge in [0.2, 0.25) is 0 Å². The fourth-order valence-electron chi connectivity index (χ4n) is 2.96. The number of carbonyl (C=O) groups is 1. The number of halogens is 2. The lowest BCUT2D eigenvalue weighted by atomic mass is 10.0. The SMILES string of the molecule is CCc1ccc2ncn(C)c2c1CNC(=O)c1ccc(OC(F)F)cc1. The van der Waals surface area contributed by atoms with Crippen LogP contribution < -0.4 is 10.1 Å². The van der Waals surface area contributed by atoms with Gasteiger partial charge in [0.25, 0.3) is 5.91 Å². The van der Waals surface area contributed by atoms with Crippen LogP contribution in [0.3, 0.4) is 0 Å². The number of aryl methyl sites for hydroxylation is 2. The van der Waals surface area contributed by atoms with Crippen molar-refractivity contribution >= 4 is 16.9 Å². The average molecular weight is 359 g/mol. The van der Waals surface area contributed by atoms with Crippen LogP contribution in [0.5, 0.6) is 5.75 Å². The summed E-state index contributed by atoms with van der Waals surface area (Å²) >= 11 is 0. The number of rotatable bonds is 6. The molecule has 0 saturated heterocycles. The van der Waals surface area contributed by atoms with Crippen LogP contribution in [0.2, 0.25) is 0 Å². The van der Waals surface area contributed by atoms with Gasteiger partial charge >= 0.3 is 6.61 Å². The molecule has 5 nitrogen and oxygen atoms in total. The second-order valence-electron chi connectivity index (χ2n) is 5.87. The van der Waals surface area contributed by atoms with Crippen LogP contribution in [0.1, 0.15) is 28.4 Å². The quantitative estimate of drug-likeness (QED) is 0.731. The molecule has 136 valence electrons. The van der Waals surface area contributed by atoms with Gasteiger partial charge in [0.15, 0.2) is 0 Å². The van der Waals surface area contributed by atoms with Gasteiger partial charge in [-0.2, -0.15) is 8.78 Å². The lowest BCUT2D eigenvalue weighted by Gasteiger charge is -2.12. The van der Waals surface area contributed by atoms with Crippen LogP contribution in [0.15, 0.2) is 42.7 Å². The topological polar surface area (TPSA) is 56.2 Å². The number of nitrogens with zero attached hydrogens (tertiary/aromatic N) is 2. The Balaban J connectivity index is 1.77. The summed E-state index contributed by atoms with van der Waals surface area (Å²) in [7, 11) is 1.92. The van der Waals surface area contributed by atoms with E-state index in [2.05, 4.69) is 22.0 Å². The van der Waals surface area contributed by atoms with E-state index in [0.29, 0.717) is 12.1 Å². The molecule has 0 spiro atoms. The van der Waals surface area contributed by atoms with Crippen LogP contribution in [0, 0.1) is 0 Å². The van der Waals surface area contributed by atoms with Gasteiger partial charge in [0, 0.05) is 24.7 Å². The van der Waals surface area contributed by atoms with Crippen molar-refractivity contribution in [3.63, 3.8) is 0 Å². The maximum atomic E-state index is 12.4. The third-order valence-corrected chi connectivity index (χ3v) is 4.23. The van der Waals surface area contributed by atoms with Crippen molar-refractivity contribution in [2.24, 2.45) is 7.05 Å². The summed E-state index contributed by atoms with van der Waals surface area (Å²) < 4.78 is 30.6. The number of aromatic nitrogens is 2. The largest absolute Gasteiger partial charge is 0.435 e. The van der Waals surface area contributed by atoms with Crippen LogP contribution in [0.4, 0.5) is 8.78 Å². The maximum absolute atomic E-state index is 12.4. The molecule has 0 radical (unpaired) electrons. The highest BCUT2D eigenvalue weighted by molar-refractivity contribution is 5.94. The molecular weight excluding hydrogens is 340 g/mol. The predicted octanol–water partition coefficient (Wildman–Crippen LogP) is 3.67. The molecule has 3 rings (SSSR count). The molecule has 0 aliphatic carbocycles. The molecule has 0 fully saturated rings. The van der Waals surface area contributed by atoms with Crippen molar-refractivity contribution in [2.75, 3.05) is 0 Å². The Hall–Kier alpha value is -2.96. The number of fused-ring (bicyclic) bond motifs is 1. The van der Waals surface area contributed by atoms with Gasteiger partial charge in [-0.25, -0.2) is 4.98 Å². The van der Waals surface area contributed by atoms with E-state index < -0.39 is 6.61 Å². The van der Waals surface area contributed by atoms with Crippen LogP contribution in [-0.2, 0) is 20.0 Å². The fraction of sp³-hybridized carbons (Fsp3) is 0.263. The van der Waals surface area contributed by atoms with E-state index in [0.717, 1.165) is 28.6 Å². The van der Waals surface area contributed by atoms with Crippen molar-refractivity contribution in [3.05, 3.63) is 59.4 Å². The molecule has 1 N–H and O–H groups in total. The van der Waals surface area contributed by atoms with E-state index in [4.69, 9.17) is 0 Å². The number of nitrogens with one attached hydrogen (secondary N) is 1. The van der Waals surface area contributed by atoms with Crippen molar-refractivity contribution < 1.29 is 18.3 Å². The number of alkyl halides is 2. The fourth-order valence-corrected chi connectivity index (χ4v) is 2.96. The number of ether oxygens (including phenoxy) is 1. The molecular formula is C19H19F2N3O2. The summed E-state index contributed by atoms with van der Waals surface area (Å²) in [6, 6.07) is 9.60. The zero-order valence-corrected chi connectivity index (χ0v) is 14.5. The number of hydrogen-bond donors (Lipinski definition) is 1. The van der Waals surface area contributed by atoms with Gasteiger partial charge in [-0.1, -0.05) is 13.0 Å². The van der Waals surface area contributed by atoms with Gasteiger partial charge in [0.1, 0.15) is 5.75 Å². The average Bonchev–Trinajstić information content (AvgIpc) is 3.01. The van der Waals surface area contributed by atoms with Crippen molar-refractivity contribution in [2.45, 2.75) is 26.5 Å². The second kappa shape index (κ2) is 7.51. The summed E-state index contributed by atoms with van der Waals surface area (Å²) in [5.41, 5.74) is 4.41. The number of hydrogen-bond acceptors (Lipinski definition) is 3. The number of benzene rings is 2. The first kappa shape index (κ1) is 17.8. The molecule has 2 aromatic carbocycles. The highest BCUT2D eigenvalue weighted by atomic mass is 19.3. The molecule has 0 bridgehead atoms. The Morgan fingerprint density at radius 3 is 2.62 bits per heavy atom. The van der Waals surface area contributed by atoms with Gasteiger partial charge in [-0.3, -0.25) is 4.79 Å². The molecule has 3 aromatic rings. The second-order valence-corrected chi connectivity index (χ2v) is 5.87. The first-order valence-corrected chi connectivity index (χ1v) is 8.24. The van der Waals surface area contributed by atoms with Gasteiger partial charge in [0.05, 0.1) is 17.4 Å². The third kappa shape index (κ3) is 3.66. The highest BCUT2D eigenvalue weighted by Gasteiger charge is 2.13. The molecule has 0 aliphatic heterocycles. The molecule has 0 unspecified atom stereocenters. The molecule has 1 amide bonds. The number of amides is 1. The van der Waals surface area contributed by atoms with E-state index >= 15 is 0 Å². The summed E-state index contributed by atoms with van der Waals surface area (Å²) in [6.07, 6.45) is 2.59. The van der Waals surface area contributed by atoms with Crippen LogP contribution in [0.25, 0.3) is 11.0 Å². The number of carbonyl (C=O) groups excluding carboxylic acids is 1. The minimum Gasteiger partial charge on any atom is -0.435 e. The molecule has 0 atom stereocenters. The summed E-state index contributed by atoms with van der Waals surface area (Å²) in [5, 5.41) is 2.89. The zero-order valence-electron chi connectivity index (χ0n) is 14.5. The van der Waals surface area contributed by atoms with E-state index in [1.165, 1.54) is 24.3 Å². The molecule has 0 aliphatic rings. The van der Waals surface area contributed by atoms with Crippen LogP contribution >= 0.6 is 0 Å². The predicted molar refractivity (Wildman–Crippen MR) is 94.3 cm³/mol. The highest BCUT2D eigenvalue weighted by Crippen LogP contribution is 2.22. The summed E-state index contributed by atoms with van der Waals surface area (Å²) in [6.45, 7) is -0.472. The zero-order chi connectivity index (χ0) is 18.7. The minimum atomic E-state index is -2.89. The van der Waals surface area contributed by atoms with Gasteiger partial charge in [-0.15, -0.1) is 0 Å².